The maximum atomic E-state index is 12.5. The molecular weight excluding hydrogens is 284 g/mol. The summed E-state index contributed by atoms with van der Waals surface area (Å²) >= 11 is 0. The summed E-state index contributed by atoms with van der Waals surface area (Å²) in [5, 5.41) is 3.17. The largest absolute Gasteiger partial charge is 0.337 e. The fraction of sp³-hybridized carbons (Fsp3) is 0.350. The van der Waals surface area contributed by atoms with E-state index in [1.54, 1.807) is 0 Å². The third-order valence-corrected chi connectivity index (χ3v) is 5.24. The van der Waals surface area contributed by atoms with Crippen molar-refractivity contribution in [3.05, 3.63) is 71.3 Å². The lowest BCUT2D eigenvalue weighted by Crippen LogP contribution is -2.45. The number of nitrogens with one attached hydrogen (secondary N) is 1. The fourth-order valence-corrected chi connectivity index (χ4v) is 3.54. The summed E-state index contributed by atoms with van der Waals surface area (Å²) in [7, 11) is 0. The van der Waals surface area contributed by atoms with Crippen LogP contribution < -0.4 is 5.32 Å². The number of nitrogens with zero attached hydrogens (tertiary/aromatic N) is 1. The van der Waals surface area contributed by atoms with Gasteiger partial charge in [0.1, 0.15) is 0 Å². The Labute approximate surface area is 137 Å². The number of hydrogen-bond donors (Lipinski definition) is 1. The summed E-state index contributed by atoms with van der Waals surface area (Å²) in [6, 6.07) is 19.1. The van der Waals surface area contributed by atoms with Gasteiger partial charge in [0.15, 0.2) is 0 Å². The Balaban J connectivity index is 1.38. The van der Waals surface area contributed by atoms with Crippen LogP contribution in [-0.2, 0) is 18.4 Å². The average molecular weight is 306 g/mol. The van der Waals surface area contributed by atoms with Crippen LogP contribution in [-0.4, -0.2) is 24.0 Å². The molecule has 2 aromatic rings. The summed E-state index contributed by atoms with van der Waals surface area (Å²) in [5.74, 6) is 0. The number of rotatable bonds is 3. The molecule has 1 aliphatic heterocycles. The zero-order valence-electron chi connectivity index (χ0n) is 13.3. The van der Waals surface area contributed by atoms with Crippen molar-refractivity contribution < 1.29 is 4.79 Å². The van der Waals surface area contributed by atoms with Crippen molar-refractivity contribution in [1.29, 1.82) is 0 Å². The molecule has 1 saturated carbocycles. The normalized spacial score (nSPS) is 18.2. The zero-order valence-corrected chi connectivity index (χ0v) is 13.3. The van der Waals surface area contributed by atoms with Gasteiger partial charge in [-0.1, -0.05) is 54.6 Å². The number of carbonyl (C=O) groups excluding carboxylic acids is 1. The Kier molecular flexibility index (Phi) is 3.56. The molecule has 1 aliphatic carbocycles. The van der Waals surface area contributed by atoms with Crippen molar-refractivity contribution in [2.75, 3.05) is 13.1 Å². The molecule has 0 atom stereocenters. The predicted molar refractivity (Wildman–Crippen MR) is 91.3 cm³/mol. The summed E-state index contributed by atoms with van der Waals surface area (Å²) in [4.78, 5) is 14.5. The Bertz CT molecular complexity index is 707. The number of hydrogen-bond acceptors (Lipinski definition) is 1. The minimum absolute atomic E-state index is 0.0710. The van der Waals surface area contributed by atoms with E-state index >= 15 is 0 Å². The first kappa shape index (κ1) is 14.3. The molecule has 3 heteroatoms. The molecule has 0 unspecified atom stereocenters. The molecule has 118 valence electrons. The molecule has 2 aromatic carbocycles. The Morgan fingerprint density at radius 2 is 1.70 bits per heavy atom. The summed E-state index contributed by atoms with van der Waals surface area (Å²) in [6.07, 6.45) is 3.29. The molecule has 4 rings (SSSR count). The zero-order chi connectivity index (χ0) is 15.7. The Hall–Kier alpha value is -2.29. The second-order valence-electron chi connectivity index (χ2n) is 6.75. The highest BCUT2D eigenvalue weighted by Gasteiger charge is 2.44. The van der Waals surface area contributed by atoms with Crippen LogP contribution >= 0.6 is 0 Å². The van der Waals surface area contributed by atoms with E-state index in [0.29, 0.717) is 0 Å². The predicted octanol–water partition coefficient (Wildman–Crippen LogP) is 3.49. The lowest BCUT2D eigenvalue weighted by molar-refractivity contribution is 0.191. The molecule has 0 bridgehead atoms. The smallest absolute Gasteiger partial charge is 0.317 e. The van der Waals surface area contributed by atoms with Gasteiger partial charge in [-0.15, -0.1) is 0 Å². The van der Waals surface area contributed by atoms with E-state index in [9.17, 15) is 4.79 Å². The fourth-order valence-electron chi connectivity index (χ4n) is 3.54. The van der Waals surface area contributed by atoms with Gasteiger partial charge in [0.05, 0.1) is 0 Å². The standard InChI is InChI=1S/C20H22N2O/c23-19(22-13-10-16-6-4-5-7-17(16)14-22)21-15-20(11-12-20)18-8-2-1-3-9-18/h1-9H,10-15H2,(H,21,23). The van der Waals surface area contributed by atoms with Crippen LogP contribution in [0.5, 0.6) is 0 Å². The maximum absolute atomic E-state index is 12.5. The summed E-state index contributed by atoms with van der Waals surface area (Å²) in [5.41, 5.74) is 4.17. The number of amides is 2. The third kappa shape index (κ3) is 2.83. The Morgan fingerprint density at radius 3 is 2.43 bits per heavy atom. The van der Waals surface area contributed by atoms with Gasteiger partial charge in [-0.3, -0.25) is 0 Å². The molecule has 0 aromatic heterocycles. The average Bonchev–Trinajstić information content (AvgIpc) is 3.41. The van der Waals surface area contributed by atoms with Gasteiger partial charge >= 0.3 is 6.03 Å². The molecule has 0 radical (unpaired) electrons. The second kappa shape index (κ2) is 5.73. The summed E-state index contributed by atoms with van der Waals surface area (Å²) < 4.78 is 0. The first-order chi connectivity index (χ1) is 11.3. The van der Waals surface area contributed by atoms with Crippen molar-refractivity contribution in [3.8, 4) is 0 Å². The highest BCUT2D eigenvalue weighted by molar-refractivity contribution is 5.74. The van der Waals surface area contributed by atoms with E-state index in [2.05, 4.69) is 53.8 Å². The van der Waals surface area contributed by atoms with Crippen LogP contribution in [0.15, 0.2) is 54.6 Å². The van der Waals surface area contributed by atoms with Crippen LogP contribution in [0.3, 0.4) is 0 Å². The van der Waals surface area contributed by atoms with Gasteiger partial charge in [0, 0.05) is 25.0 Å². The van der Waals surface area contributed by atoms with Crippen LogP contribution in [0.4, 0.5) is 4.79 Å². The maximum Gasteiger partial charge on any atom is 0.317 e. The highest BCUT2D eigenvalue weighted by atomic mass is 16.2. The monoisotopic (exact) mass is 306 g/mol. The van der Waals surface area contributed by atoms with E-state index in [1.165, 1.54) is 29.5 Å². The molecule has 0 spiro atoms. The van der Waals surface area contributed by atoms with Crippen LogP contribution in [0, 0.1) is 0 Å². The van der Waals surface area contributed by atoms with Gasteiger partial charge in [0.25, 0.3) is 0 Å². The van der Waals surface area contributed by atoms with Crippen molar-refractivity contribution in [2.45, 2.75) is 31.2 Å². The van der Waals surface area contributed by atoms with E-state index in [4.69, 9.17) is 0 Å². The number of benzene rings is 2. The minimum atomic E-state index is 0.0710. The number of fused-ring (bicyclic) bond motifs is 1. The van der Waals surface area contributed by atoms with Gasteiger partial charge < -0.3 is 10.2 Å². The van der Waals surface area contributed by atoms with Crippen molar-refractivity contribution >= 4 is 6.03 Å². The van der Waals surface area contributed by atoms with Crippen LogP contribution in [0.25, 0.3) is 0 Å². The quantitative estimate of drug-likeness (QED) is 0.925. The summed E-state index contributed by atoms with van der Waals surface area (Å²) in [6.45, 7) is 2.27. The van der Waals surface area contributed by atoms with Crippen LogP contribution in [0.1, 0.15) is 29.5 Å². The van der Waals surface area contributed by atoms with Crippen molar-refractivity contribution in [3.63, 3.8) is 0 Å². The molecule has 2 aliphatic rings. The topological polar surface area (TPSA) is 32.3 Å². The SMILES string of the molecule is O=C(NCC1(c2ccccc2)CC1)N1CCc2ccccc2C1. The van der Waals surface area contributed by atoms with E-state index in [1.807, 2.05) is 11.0 Å². The van der Waals surface area contributed by atoms with E-state index in [0.717, 1.165) is 26.1 Å². The van der Waals surface area contributed by atoms with E-state index < -0.39 is 0 Å². The first-order valence-corrected chi connectivity index (χ1v) is 8.42. The molecule has 23 heavy (non-hydrogen) atoms. The molecular formula is C20H22N2O. The molecule has 1 heterocycles. The molecule has 1 N–H and O–H groups in total. The number of urea groups is 1. The Morgan fingerprint density at radius 1 is 1.00 bits per heavy atom. The van der Waals surface area contributed by atoms with Crippen molar-refractivity contribution in [1.82, 2.24) is 10.2 Å². The van der Waals surface area contributed by atoms with E-state index in [-0.39, 0.29) is 11.4 Å². The first-order valence-electron chi connectivity index (χ1n) is 8.42. The van der Waals surface area contributed by atoms with Gasteiger partial charge in [-0.2, -0.15) is 0 Å². The molecule has 2 amide bonds. The second-order valence-corrected chi connectivity index (χ2v) is 6.75. The third-order valence-electron chi connectivity index (χ3n) is 5.24. The lowest BCUT2D eigenvalue weighted by atomic mass is 9.96. The van der Waals surface area contributed by atoms with Gasteiger partial charge in [0.2, 0.25) is 0 Å². The molecule has 3 nitrogen and oxygen atoms in total. The van der Waals surface area contributed by atoms with Gasteiger partial charge in [-0.05, 0) is 36.0 Å². The lowest BCUT2D eigenvalue weighted by Gasteiger charge is -2.29. The molecule has 0 saturated heterocycles. The highest BCUT2D eigenvalue weighted by Crippen LogP contribution is 2.47. The van der Waals surface area contributed by atoms with Crippen molar-refractivity contribution in [2.24, 2.45) is 0 Å². The molecule has 1 fully saturated rings. The van der Waals surface area contributed by atoms with Crippen LogP contribution in [0.2, 0.25) is 0 Å². The number of carbonyl (C=O) groups is 1. The minimum Gasteiger partial charge on any atom is -0.337 e. The van der Waals surface area contributed by atoms with Gasteiger partial charge in [-0.25, -0.2) is 4.79 Å².